The molecule has 0 spiro atoms. The number of hydrogen-bond acceptors (Lipinski definition) is 6. The van der Waals surface area contributed by atoms with E-state index in [1.807, 2.05) is 19.1 Å². The Labute approximate surface area is 177 Å². The van der Waals surface area contributed by atoms with Crippen LogP contribution in [0.5, 0.6) is 0 Å². The summed E-state index contributed by atoms with van der Waals surface area (Å²) in [5.41, 5.74) is 0. The molecule has 1 aliphatic rings. The molecule has 1 unspecified atom stereocenters. The molecule has 0 bridgehead atoms. The highest BCUT2D eigenvalue weighted by Gasteiger charge is 2.23. The largest absolute Gasteiger partial charge is 0.468 e. The first-order valence-corrected chi connectivity index (χ1v) is 11.7. The van der Waals surface area contributed by atoms with E-state index in [1.54, 1.807) is 6.26 Å². The van der Waals surface area contributed by atoms with Crippen LogP contribution in [0.4, 0.5) is 0 Å². The zero-order valence-electron chi connectivity index (χ0n) is 17.8. The first-order valence-electron chi connectivity index (χ1n) is 10.7. The lowest BCUT2D eigenvalue weighted by Crippen LogP contribution is -2.38. The third kappa shape index (κ3) is 5.63. The summed E-state index contributed by atoms with van der Waals surface area (Å²) >= 11 is 1.48. The number of carbonyl (C=O) groups is 1. The summed E-state index contributed by atoms with van der Waals surface area (Å²) in [5.74, 6) is 2.18. The van der Waals surface area contributed by atoms with Gasteiger partial charge in [0.2, 0.25) is 5.91 Å². The maximum Gasteiger partial charge on any atom is 0.230 e. The summed E-state index contributed by atoms with van der Waals surface area (Å²) < 4.78 is 7.84. The predicted octanol–water partition coefficient (Wildman–Crippen LogP) is 3.98. The van der Waals surface area contributed by atoms with Crippen LogP contribution in [-0.4, -0.2) is 51.0 Å². The van der Waals surface area contributed by atoms with Gasteiger partial charge in [0.05, 0.1) is 18.1 Å². The zero-order valence-corrected chi connectivity index (χ0v) is 18.6. The van der Waals surface area contributed by atoms with E-state index in [-0.39, 0.29) is 11.9 Å². The number of hydrogen-bond donors (Lipinski definition) is 1. The predicted molar refractivity (Wildman–Crippen MR) is 115 cm³/mol. The van der Waals surface area contributed by atoms with Crippen LogP contribution in [0.25, 0.3) is 0 Å². The van der Waals surface area contributed by atoms with Gasteiger partial charge in [-0.05, 0) is 45.0 Å². The molecular weight excluding hydrogens is 386 g/mol. The average Bonchev–Trinajstić information content (AvgIpc) is 3.40. The number of thioether (sulfide) groups is 1. The number of furan rings is 1. The summed E-state index contributed by atoms with van der Waals surface area (Å²) in [6.45, 7) is 8.58. The van der Waals surface area contributed by atoms with Gasteiger partial charge in [-0.15, -0.1) is 10.2 Å². The molecule has 1 amide bonds. The third-order valence-electron chi connectivity index (χ3n) is 5.72. The van der Waals surface area contributed by atoms with Crippen molar-refractivity contribution < 1.29 is 9.21 Å². The van der Waals surface area contributed by atoms with Crippen molar-refractivity contribution in [2.75, 3.05) is 25.4 Å². The molecule has 1 aliphatic carbocycles. The second-order valence-electron chi connectivity index (χ2n) is 7.54. The van der Waals surface area contributed by atoms with E-state index >= 15 is 0 Å². The Morgan fingerprint density at radius 1 is 1.31 bits per heavy atom. The van der Waals surface area contributed by atoms with E-state index in [9.17, 15) is 4.79 Å². The Hall–Kier alpha value is -1.80. The third-order valence-corrected chi connectivity index (χ3v) is 6.67. The van der Waals surface area contributed by atoms with Crippen LogP contribution in [0.3, 0.4) is 0 Å². The van der Waals surface area contributed by atoms with Crippen LogP contribution >= 0.6 is 11.8 Å². The number of carbonyl (C=O) groups excluding carboxylic acids is 1. The summed E-state index contributed by atoms with van der Waals surface area (Å²) in [7, 11) is 0. The van der Waals surface area contributed by atoms with Crippen molar-refractivity contribution in [1.82, 2.24) is 25.0 Å². The fourth-order valence-corrected chi connectivity index (χ4v) is 5.04. The number of nitrogens with one attached hydrogen (secondary N) is 1. The molecule has 3 rings (SSSR count). The Kier molecular flexibility index (Phi) is 8.18. The fourth-order valence-electron chi connectivity index (χ4n) is 4.15. The van der Waals surface area contributed by atoms with Gasteiger partial charge in [-0.1, -0.05) is 44.9 Å². The molecule has 1 atom stereocenters. The second-order valence-corrected chi connectivity index (χ2v) is 8.48. The van der Waals surface area contributed by atoms with Gasteiger partial charge in [0.15, 0.2) is 5.16 Å². The van der Waals surface area contributed by atoms with Crippen molar-refractivity contribution in [2.24, 2.45) is 0 Å². The van der Waals surface area contributed by atoms with E-state index in [1.165, 1.54) is 43.9 Å². The standard InChI is InChI=1S/C21H33N5O2S/c1-4-25(5-2)18(19-12-9-13-28-19)14-22-20(27)15-29-21-24-23-16(3)26(21)17-10-7-6-8-11-17/h9,12-13,17-18H,4-8,10-11,14-15H2,1-3H3,(H,22,27). The quantitative estimate of drug-likeness (QED) is 0.587. The van der Waals surface area contributed by atoms with E-state index in [0.29, 0.717) is 18.3 Å². The van der Waals surface area contributed by atoms with Crippen molar-refractivity contribution >= 4 is 17.7 Å². The molecule has 0 aliphatic heterocycles. The number of amides is 1. The normalized spacial score (nSPS) is 16.3. The van der Waals surface area contributed by atoms with Gasteiger partial charge in [-0.2, -0.15) is 0 Å². The number of aryl methyl sites for hydroxylation is 1. The van der Waals surface area contributed by atoms with Crippen molar-refractivity contribution in [3.05, 3.63) is 30.0 Å². The first-order chi connectivity index (χ1) is 14.1. The van der Waals surface area contributed by atoms with Crippen LogP contribution in [-0.2, 0) is 4.79 Å². The van der Waals surface area contributed by atoms with Crippen LogP contribution < -0.4 is 5.32 Å². The SMILES string of the molecule is CCN(CC)C(CNC(=O)CSc1nnc(C)n1C1CCCCC1)c1ccco1. The molecule has 2 aromatic rings. The summed E-state index contributed by atoms with van der Waals surface area (Å²) in [6, 6.07) is 4.38. The number of rotatable bonds is 10. The fraction of sp³-hybridized carbons (Fsp3) is 0.667. The Morgan fingerprint density at radius 3 is 2.72 bits per heavy atom. The van der Waals surface area contributed by atoms with Crippen LogP contribution in [0.1, 0.15) is 69.6 Å². The highest BCUT2D eigenvalue weighted by molar-refractivity contribution is 7.99. The zero-order chi connectivity index (χ0) is 20.6. The Bertz CT molecular complexity index is 751. The first kappa shape index (κ1) is 21.9. The van der Waals surface area contributed by atoms with Crippen molar-refractivity contribution in [3.63, 3.8) is 0 Å². The lowest BCUT2D eigenvalue weighted by molar-refractivity contribution is -0.118. The molecule has 29 heavy (non-hydrogen) atoms. The highest BCUT2D eigenvalue weighted by Crippen LogP contribution is 2.32. The molecule has 0 aromatic carbocycles. The summed E-state index contributed by atoms with van der Waals surface area (Å²) in [5, 5.41) is 12.5. The highest BCUT2D eigenvalue weighted by atomic mass is 32.2. The minimum absolute atomic E-state index is 0.00885. The van der Waals surface area contributed by atoms with Gasteiger partial charge in [0.25, 0.3) is 0 Å². The molecule has 7 nitrogen and oxygen atoms in total. The smallest absolute Gasteiger partial charge is 0.230 e. The van der Waals surface area contributed by atoms with E-state index in [4.69, 9.17) is 4.42 Å². The number of aromatic nitrogens is 3. The molecule has 0 saturated heterocycles. The van der Waals surface area contributed by atoms with Gasteiger partial charge in [0.1, 0.15) is 11.6 Å². The molecule has 1 N–H and O–H groups in total. The minimum Gasteiger partial charge on any atom is -0.468 e. The summed E-state index contributed by atoms with van der Waals surface area (Å²) in [4.78, 5) is 14.8. The molecule has 2 aromatic heterocycles. The lowest BCUT2D eigenvalue weighted by Gasteiger charge is -2.28. The van der Waals surface area contributed by atoms with Crippen LogP contribution in [0, 0.1) is 6.92 Å². The van der Waals surface area contributed by atoms with Gasteiger partial charge >= 0.3 is 0 Å². The maximum absolute atomic E-state index is 12.5. The van der Waals surface area contributed by atoms with Gasteiger partial charge in [-0.3, -0.25) is 9.69 Å². The average molecular weight is 420 g/mol. The molecule has 1 fully saturated rings. The van der Waals surface area contributed by atoms with Gasteiger partial charge in [0, 0.05) is 12.6 Å². The van der Waals surface area contributed by atoms with Crippen molar-refractivity contribution in [3.8, 4) is 0 Å². The van der Waals surface area contributed by atoms with Crippen molar-refractivity contribution in [2.45, 2.75) is 70.1 Å². The lowest BCUT2D eigenvalue weighted by atomic mass is 9.95. The monoisotopic (exact) mass is 419 g/mol. The summed E-state index contributed by atoms with van der Waals surface area (Å²) in [6.07, 6.45) is 7.86. The van der Waals surface area contributed by atoms with E-state index in [2.05, 4.69) is 38.8 Å². The topological polar surface area (TPSA) is 76.2 Å². The molecule has 0 radical (unpaired) electrons. The number of nitrogens with zero attached hydrogens (tertiary/aromatic N) is 4. The molecule has 8 heteroatoms. The minimum atomic E-state index is 0.00885. The molecular formula is C21H33N5O2S. The Morgan fingerprint density at radius 2 is 2.07 bits per heavy atom. The molecule has 160 valence electrons. The number of likely N-dealkylation sites (N-methyl/N-ethyl adjacent to an activating group) is 1. The molecule has 2 heterocycles. The van der Waals surface area contributed by atoms with E-state index in [0.717, 1.165) is 29.8 Å². The van der Waals surface area contributed by atoms with Gasteiger partial charge < -0.3 is 14.3 Å². The van der Waals surface area contributed by atoms with Crippen molar-refractivity contribution in [1.29, 1.82) is 0 Å². The maximum atomic E-state index is 12.5. The second kappa shape index (κ2) is 10.8. The van der Waals surface area contributed by atoms with Gasteiger partial charge in [-0.25, -0.2) is 0 Å². The van der Waals surface area contributed by atoms with Crippen LogP contribution in [0.15, 0.2) is 28.0 Å². The van der Waals surface area contributed by atoms with Crippen LogP contribution in [0.2, 0.25) is 0 Å². The van der Waals surface area contributed by atoms with E-state index < -0.39 is 0 Å². The molecule has 1 saturated carbocycles. The Balaban J connectivity index is 1.56.